The van der Waals surface area contributed by atoms with Gasteiger partial charge in [-0.3, -0.25) is 4.79 Å². The second-order valence-electron chi connectivity index (χ2n) is 6.56. The largest absolute Gasteiger partial charge is 0.308 e. The minimum absolute atomic E-state index is 0.195. The number of carbonyl (C=O) groups is 1. The Morgan fingerprint density at radius 3 is 2.73 bits per heavy atom. The zero-order valence-electron chi connectivity index (χ0n) is 14.7. The van der Waals surface area contributed by atoms with Gasteiger partial charge in [-0.1, -0.05) is 30.3 Å². The highest BCUT2D eigenvalue weighted by Crippen LogP contribution is 2.32. The Labute approximate surface area is 157 Å². The number of nitrogens with zero attached hydrogens (tertiary/aromatic N) is 3. The first-order valence-corrected chi connectivity index (χ1v) is 9.94. The van der Waals surface area contributed by atoms with Gasteiger partial charge in [0, 0.05) is 29.9 Å². The highest BCUT2D eigenvalue weighted by atomic mass is 32.2. The number of amides is 1. The molecule has 2 aromatic carbocycles. The quantitative estimate of drug-likeness (QED) is 0.685. The van der Waals surface area contributed by atoms with E-state index in [0.29, 0.717) is 5.75 Å². The minimum Gasteiger partial charge on any atom is -0.308 e. The van der Waals surface area contributed by atoms with E-state index in [1.54, 1.807) is 18.0 Å². The second-order valence-corrected chi connectivity index (χ2v) is 7.54. The molecule has 0 spiro atoms. The number of para-hydroxylation sites is 1. The van der Waals surface area contributed by atoms with Gasteiger partial charge >= 0.3 is 0 Å². The summed E-state index contributed by atoms with van der Waals surface area (Å²) in [4.78, 5) is 14.7. The summed E-state index contributed by atoms with van der Waals surface area (Å²) in [6.45, 7) is 2.12. The number of rotatable bonds is 5. The lowest BCUT2D eigenvalue weighted by Crippen LogP contribution is -2.37. The van der Waals surface area contributed by atoms with Crippen LogP contribution in [0.15, 0.2) is 67.0 Å². The van der Waals surface area contributed by atoms with E-state index in [1.165, 1.54) is 11.1 Å². The highest BCUT2D eigenvalue weighted by Gasteiger charge is 2.30. The van der Waals surface area contributed by atoms with Crippen molar-refractivity contribution in [1.29, 1.82) is 0 Å². The fourth-order valence-corrected chi connectivity index (χ4v) is 4.28. The molecular formula is C21H21N3OS. The third-order valence-electron chi connectivity index (χ3n) is 4.68. The number of anilines is 1. The summed E-state index contributed by atoms with van der Waals surface area (Å²) in [5, 5.41) is 4.23. The summed E-state index contributed by atoms with van der Waals surface area (Å²) in [7, 11) is 0. The molecule has 26 heavy (non-hydrogen) atoms. The molecule has 0 bridgehead atoms. The van der Waals surface area contributed by atoms with E-state index in [2.05, 4.69) is 48.4 Å². The molecule has 1 amide bonds. The van der Waals surface area contributed by atoms with Gasteiger partial charge < -0.3 is 4.90 Å². The molecule has 1 atom stereocenters. The average molecular weight is 363 g/mol. The van der Waals surface area contributed by atoms with Crippen LogP contribution in [0.2, 0.25) is 0 Å². The van der Waals surface area contributed by atoms with Crippen LogP contribution in [-0.2, 0) is 17.0 Å². The van der Waals surface area contributed by atoms with Gasteiger partial charge in [0.1, 0.15) is 0 Å². The Morgan fingerprint density at radius 1 is 1.15 bits per heavy atom. The number of aromatic nitrogens is 2. The number of hydrogen-bond acceptors (Lipinski definition) is 3. The summed E-state index contributed by atoms with van der Waals surface area (Å²) in [5.74, 6) is 1.52. The van der Waals surface area contributed by atoms with Crippen molar-refractivity contribution in [2.24, 2.45) is 0 Å². The van der Waals surface area contributed by atoms with Crippen molar-refractivity contribution in [2.75, 3.05) is 10.7 Å². The first-order chi connectivity index (χ1) is 12.7. The second kappa shape index (κ2) is 7.38. The van der Waals surface area contributed by atoms with Crippen LogP contribution in [0, 0.1) is 0 Å². The van der Waals surface area contributed by atoms with Crippen molar-refractivity contribution in [1.82, 2.24) is 9.78 Å². The third-order valence-corrected chi connectivity index (χ3v) is 5.66. The fraction of sp³-hybridized carbons (Fsp3) is 0.238. The lowest BCUT2D eigenvalue weighted by Gasteiger charge is -2.22. The maximum atomic E-state index is 12.7. The molecule has 0 unspecified atom stereocenters. The Bertz CT molecular complexity index is 890. The molecular weight excluding hydrogens is 342 g/mol. The van der Waals surface area contributed by atoms with Crippen molar-refractivity contribution >= 4 is 23.4 Å². The van der Waals surface area contributed by atoms with E-state index < -0.39 is 0 Å². The van der Waals surface area contributed by atoms with Crippen LogP contribution in [0.5, 0.6) is 0 Å². The first-order valence-electron chi connectivity index (χ1n) is 8.79. The zero-order valence-corrected chi connectivity index (χ0v) is 15.5. The average Bonchev–Trinajstić information content (AvgIpc) is 3.29. The van der Waals surface area contributed by atoms with Crippen molar-refractivity contribution in [2.45, 2.75) is 25.1 Å². The number of thioether (sulfide) groups is 1. The van der Waals surface area contributed by atoms with Gasteiger partial charge in [0.25, 0.3) is 0 Å². The van der Waals surface area contributed by atoms with Gasteiger partial charge in [-0.25, -0.2) is 4.68 Å². The molecule has 0 aliphatic carbocycles. The van der Waals surface area contributed by atoms with E-state index in [0.717, 1.165) is 23.5 Å². The molecule has 1 aromatic heterocycles. The number of carbonyl (C=O) groups excluding carboxylic acids is 1. The molecule has 0 radical (unpaired) electrons. The summed E-state index contributed by atoms with van der Waals surface area (Å²) in [6, 6.07) is 18.7. The summed E-state index contributed by atoms with van der Waals surface area (Å²) >= 11 is 1.67. The molecule has 0 saturated carbocycles. The lowest BCUT2D eigenvalue weighted by molar-refractivity contribution is -0.116. The molecule has 0 N–H and O–H groups in total. The van der Waals surface area contributed by atoms with Crippen molar-refractivity contribution in [3.05, 3.63) is 78.1 Å². The molecule has 4 rings (SSSR count). The first kappa shape index (κ1) is 16.9. The monoisotopic (exact) mass is 363 g/mol. The highest BCUT2D eigenvalue weighted by molar-refractivity contribution is 7.99. The third kappa shape index (κ3) is 3.40. The molecule has 1 aliphatic heterocycles. The molecule has 5 heteroatoms. The maximum Gasteiger partial charge on any atom is 0.237 e. The van der Waals surface area contributed by atoms with E-state index in [4.69, 9.17) is 0 Å². The number of hydrogen-bond donors (Lipinski definition) is 0. The van der Waals surface area contributed by atoms with E-state index >= 15 is 0 Å². The van der Waals surface area contributed by atoms with Crippen molar-refractivity contribution in [3.63, 3.8) is 0 Å². The van der Waals surface area contributed by atoms with E-state index in [-0.39, 0.29) is 11.9 Å². The SMILES string of the molecule is C[C@@H]1Cc2ccccc2N1C(=O)CSCc1ccc(-n2cccn2)cc1. The van der Waals surface area contributed by atoms with E-state index in [9.17, 15) is 4.79 Å². The Kier molecular flexibility index (Phi) is 4.80. The van der Waals surface area contributed by atoms with Gasteiger partial charge in [-0.2, -0.15) is 5.10 Å². The summed E-state index contributed by atoms with van der Waals surface area (Å²) < 4.78 is 1.84. The van der Waals surface area contributed by atoms with Crippen molar-refractivity contribution in [3.8, 4) is 5.69 Å². The van der Waals surface area contributed by atoms with Crippen LogP contribution in [0.4, 0.5) is 5.69 Å². The van der Waals surface area contributed by atoms with Crippen molar-refractivity contribution < 1.29 is 4.79 Å². The van der Waals surface area contributed by atoms with Gasteiger partial charge in [0.15, 0.2) is 0 Å². The summed E-state index contributed by atoms with van der Waals surface area (Å²) in [6.07, 6.45) is 4.64. The van der Waals surface area contributed by atoms with E-state index in [1.807, 2.05) is 34.0 Å². The number of fused-ring (bicyclic) bond motifs is 1. The topological polar surface area (TPSA) is 38.1 Å². The molecule has 1 aliphatic rings. The molecule has 4 nitrogen and oxygen atoms in total. The van der Waals surface area contributed by atoms with Crippen LogP contribution < -0.4 is 4.90 Å². The van der Waals surface area contributed by atoms with Gasteiger partial charge in [-0.05, 0) is 48.7 Å². The van der Waals surface area contributed by atoms with Crippen LogP contribution in [0.25, 0.3) is 5.69 Å². The van der Waals surface area contributed by atoms with Gasteiger partial charge in [0.2, 0.25) is 5.91 Å². The fourth-order valence-electron chi connectivity index (χ4n) is 3.44. The van der Waals surface area contributed by atoms with Crippen LogP contribution in [-0.4, -0.2) is 27.5 Å². The van der Waals surface area contributed by atoms with Gasteiger partial charge in [-0.15, -0.1) is 11.8 Å². The minimum atomic E-state index is 0.195. The predicted octanol–water partition coefficient (Wildman–Crippen LogP) is 4.08. The Balaban J connectivity index is 1.34. The summed E-state index contributed by atoms with van der Waals surface area (Å²) in [5.41, 5.74) is 4.61. The molecule has 2 heterocycles. The zero-order chi connectivity index (χ0) is 17.9. The standard InChI is InChI=1S/C21H21N3OS/c1-16-13-18-5-2-3-6-20(18)24(16)21(25)15-26-14-17-7-9-19(10-8-17)23-12-4-11-22-23/h2-12,16H,13-15H2,1H3/t16-/m1/s1. The molecule has 0 fully saturated rings. The van der Waals surface area contributed by atoms with Crippen LogP contribution in [0.3, 0.4) is 0 Å². The normalized spacial score (nSPS) is 15.9. The smallest absolute Gasteiger partial charge is 0.237 e. The van der Waals surface area contributed by atoms with Crippen LogP contribution in [0.1, 0.15) is 18.1 Å². The van der Waals surface area contributed by atoms with Gasteiger partial charge in [0.05, 0.1) is 11.4 Å². The predicted molar refractivity (Wildman–Crippen MR) is 107 cm³/mol. The lowest BCUT2D eigenvalue weighted by atomic mass is 10.1. The Morgan fingerprint density at radius 2 is 1.96 bits per heavy atom. The maximum absolute atomic E-state index is 12.7. The Hall–Kier alpha value is -2.53. The number of benzene rings is 2. The molecule has 0 saturated heterocycles. The van der Waals surface area contributed by atoms with Crippen LogP contribution >= 0.6 is 11.8 Å². The molecule has 132 valence electrons. The molecule has 3 aromatic rings.